The Morgan fingerprint density at radius 3 is 3.14 bits per heavy atom. The van der Waals surface area contributed by atoms with E-state index in [-0.39, 0.29) is 17.2 Å². The van der Waals surface area contributed by atoms with Crippen LogP contribution in [-0.2, 0) is 11.3 Å². The van der Waals surface area contributed by atoms with E-state index < -0.39 is 0 Å². The van der Waals surface area contributed by atoms with Crippen molar-refractivity contribution in [3.63, 3.8) is 0 Å². The molecule has 2 aromatic heterocycles. The van der Waals surface area contributed by atoms with Gasteiger partial charge in [0, 0.05) is 13.1 Å². The van der Waals surface area contributed by atoms with E-state index in [1.807, 2.05) is 12.3 Å². The van der Waals surface area contributed by atoms with Crippen LogP contribution in [0, 0.1) is 0 Å². The molecule has 0 aliphatic rings. The molecule has 1 N–H and O–H groups in total. The smallest absolute Gasteiger partial charge is 0.263 e. The molecule has 0 aromatic carbocycles. The Bertz CT molecular complexity index is 706. The number of allylic oxidation sites excluding steroid dienone is 1. The van der Waals surface area contributed by atoms with Crippen molar-refractivity contribution in [1.29, 1.82) is 0 Å². The summed E-state index contributed by atoms with van der Waals surface area (Å²) in [5, 5.41) is 5.82. The molecule has 2 aromatic rings. The average Bonchev–Trinajstić information content (AvgIpc) is 2.95. The third kappa shape index (κ3) is 3.74. The molecule has 0 spiro atoms. The van der Waals surface area contributed by atoms with Gasteiger partial charge in [-0.3, -0.25) is 14.2 Å². The molecular weight excluding hydrogens is 306 g/mol. The minimum atomic E-state index is -0.0855. The van der Waals surface area contributed by atoms with Gasteiger partial charge < -0.3 is 5.32 Å². The monoisotopic (exact) mass is 323 g/mol. The summed E-state index contributed by atoms with van der Waals surface area (Å²) < 4.78 is 1.56. The number of rotatable bonds is 7. The lowest BCUT2D eigenvalue weighted by molar-refractivity contribution is -0.118. The van der Waals surface area contributed by atoms with Gasteiger partial charge in [-0.1, -0.05) is 24.8 Å². The van der Waals surface area contributed by atoms with Gasteiger partial charge in [0.15, 0.2) is 5.16 Å². The zero-order chi connectivity index (χ0) is 15.2. The van der Waals surface area contributed by atoms with Crippen LogP contribution in [0.15, 0.2) is 34.1 Å². The Labute approximate surface area is 131 Å². The second-order valence-electron chi connectivity index (χ2n) is 4.38. The fourth-order valence-corrected chi connectivity index (χ4v) is 3.42. The van der Waals surface area contributed by atoms with Crippen LogP contribution in [0.3, 0.4) is 0 Å². The maximum Gasteiger partial charge on any atom is 0.263 e. The molecule has 0 aliphatic carbocycles. The molecule has 0 atom stereocenters. The summed E-state index contributed by atoms with van der Waals surface area (Å²) >= 11 is 2.70. The van der Waals surface area contributed by atoms with E-state index in [9.17, 15) is 9.59 Å². The number of carbonyl (C=O) groups excluding carboxylic acids is 1. The predicted molar refractivity (Wildman–Crippen MR) is 88.1 cm³/mol. The quantitative estimate of drug-likeness (QED) is 0.482. The fraction of sp³-hybridized carbons (Fsp3) is 0.357. The van der Waals surface area contributed by atoms with Crippen molar-refractivity contribution in [3.05, 3.63) is 34.5 Å². The number of aromatic nitrogens is 2. The summed E-state index contributed by atoms with van der Waals surface area (Å²) in [5.74, 6) is 0.202. The largest absolute Gasteiger partial charge is 0.355 e. The first-order valence-electron chi connectivity index (χ1n) is 6.65. The summed E-state index contributed by atoms with van der Waals surface area (Å²) in [6, 6.07) is 1.78. The van der Waals surface area contributed by atoms with Gasteiger partial charge in [-0.15, -0.1) is 17.9 Å². The Balaban J connectivity index is 2.25. The number of nitrogens with zero attached hydrogens (tertiary/aromatic N) is 2. The number of hydrogen-bond acceptors (Lipinski definition) is 5. The number of fused-ring (bicyclic) bond motifs is 1. The normalized spacial score (nSPS) is 10.7. The minimum Gasteiger partial charge on any atom is -0.355 e. The van der Waals surface area contributed by atoms with E-state index in [4.69, 9.17) is 0 Å². The van der Waals surface area contributed by atoms with E-state index in [2.05, 4.69) is 16.9 Å². The maximum absolute atomic E-state index is 12.4. The number of hydrogen-bond donors (Lipinski definition) is 1. The molecule has 5 nitrogen and oxygen atoms in total. The molecule has 7 heteroatoms. The molecule has 112 valence electrons. The average molecular weight is 323 g/mol. The molecule has 0 radical (unpaired) electrons. The van der Waals surface area contributed by atoms with E-state index in [1.165, 1.54) is 23.1 Å². The van der Waals surface area contributed by atoms with Gasteiger partial charge in [-0.05, 0) is 17.9 Å². The highest BCUT2D eigenvalue weighted by Gasteiger charge is 2.13. The van der Waals surface area contributed by atoms with Gasteiger partial charge in [0.05, 0.1) is 11.1 Å². The zero-order valence-corrected chi connectivity index (χ0v) is 13.4. The van der Waals surface area contributed by atoms with Gasteiger partial charge in [0.2, 0.25) is 5.91 Å². The van der Waals surface area contributed by atoms with Gasteiger partial charge in [-0.2, -0.15) is 0 Å². The van der Waals surface area contributed by atoms with Gasteiger partial charge in [0.25, 0.3) is 5.56 Å². The van der Waals surface area contributed by atoms with Crippen LogP contribution < -0.4 is 10.9 Å². The topological polar surface area (TPSA) is 64.0 Å². The molecular formula is C14H17N3O2S2. The van der Waals surface area contributed by atoms with Gasteiger partial charge in [0.1, 0.15) is 4.83 Å². The number of amides is 1. The minimum absolute atomic E-state index is 0.0486. The third-order valence-corrected chi connectivity index (χ3v) is 4.55. The summed E-state index contributed by atoms with van der Waals surface area (Å²) in [5.41, 5.74) is -0.0855. The molecule has 1 amide bonds. The van der Waals surface area contributed by atoms with Gasteiger partial charge in [-0.25, -0.2) is 4.98 Å². The van der Waals surface area contributed by atoms with Crippen LogP contribution >= 0.6 is 23.1 Å². The number of nitrogens with one attached hydrogen (secondary N) is 1. The molecule has 2 heterocycles. The number of thioether (sulfide) groups is 1. The van der Waals surface area contributed by atoms with Crippen LogP contribution in [-0.4, -0.2) is 27.8 Å². The molecule has 0 aliphatic heterocycles. The number of thiophene rings is 1. The van der Waals surface area contributed by atoms with Crippen molar-refractivity contribution in [1.82, 2.24) is 14.9 Å². The first-order valence-corrected chi connectivity index (χ1v) is 8.52. The van der Waals surface area contributed by atoms with E-state index in [1.54, 1.807) is 16.7 Å². The van der Waals surface area contributed by atoms with Crippen molar-refractivity contribution in [3.8, 4) is 0 Å². The highest BCUT2D eigenvalue weighted by atomic mass is 32.2. The molecule has 0 bridgehead atoms. The first-order chi connectivity index (χ1) is 10.2. The number of carbonyl (C=O) groups is 1. The molecule has 0 fully saturated rings. The Hall–Kier alpha value is -1.60. The second kappa shape index (κ2) is 7.42. The predicted octanol–water partition coefficient (Wildman–Crippen LogP) is 2.26. The highest BCUT2D eigenvalue weighted by Crippen LogP contribution is 2.21. The van der Waals surface area contributed by atoms with E-state index >= 15 is 0 Å². The second-order valence-corrected chi connectivity index (χ2v) is 6.21. The zero-order valence-electron chi connectivity index (χ0n) is 11.8. The maximum atomic E-state index is 12.4. The van der Waals surface area contributed by atoms with Crippen molar-refractivity contribution in [2.75, 3.05) is 12.3 Å². The fourth-order valence-electron chi connectivity index (χ4n) is 1.78. The third-order valence-electron chi connectivity index (χ3n) is 2.76. The highest BCUT2D eigenvalue weighted by molar-refractivity contribution is 7.99. The SMILES string of the molecule is C=CCn1c(SCC(=O)NCCC)nc2sccc2c1=O. The van der Waals surface area contributed by atoms with Crippen molar-refractivity contribution in [2.45, 2.75) is 25.0 Å². The molecule has 21 heavy (non-hydrogen) atoms. The Morgan fingerprint density at radius 1 is 1.62 bits per heavy atom. The lowest BCUT2D eigenvalue weighted by Gasteiger charge is -2.09. The van der Waals surface area contributed by atoms with Crippen LogP contribution in [0.1, 0.15) is 13.3 Å². The summed E-state index contributed by atoms with van der Waals surface area (Å²) in [7, 11) is 0. The molecule has 0 saturated carbocycles. The molecule has 2 rings (SSSR count). The summed E-state index contributed by atoms with van der Waals surface area (Å²) in [6.45, 7) is 6.72. The van der Waals surface area contributed by atoms with Crippen molar-refractivity contribution >= 4 is 39.2 Å². The van der Waals surface area contributed by atoms with E-state index in [0.29, 0.717) is 28.5 Å². The van der Waals surface area contributed by atoms with Crippen LogP contribution in [0.2, 0.25) is 0 Å². The lowest BCUT2D eigenvalue weighted by atomic mass is 10.4. The van der Waals surface area contributed by atoms with Crippen LogP contribution in [0.25, 0.3) is 10.2 Å². The van der Waals surface area contributed by atoms with Crippen LogP contribution in [0.4, 0.5) is 0 Å². The van der Waals surface area contributed by atoms with E-state index in [0.717, 1.165) is 6.42 Å². The molecule has 0 unspecified atom stereocenters. The standard InChI is InChI=1S/C14H17N3O2S2/c1-3-6-15-11(18)9-21-14-16-12-10(5-8-20-12)13(19)17(14)7-4-2/h4-5,8H,2-3,6-7,9H2,1H3,(H,15,18). The Morgan fingerprint density at radius 2 is 2.43 bits per heavy atom. The van der Waals surface area contributed by atoms with Gasteiger partial charge >= 0.3 is 0 Å². The first kappa shape index (κ1) is 15.8. The Kier molecular flexibility index (Phi) is 5.58. The van der Waals surface area contributed by atoms with Crippen molar-refractivity contribution < 1.29 is 4.79 Å². The lowest BCUT2D eigenvalue weighted by Crippen LogP contribution is -2.27. The van der Waals surface area contributed by atoms with Crippen LogP contribution in [0.5, 0.6) is 0 Å². The van der Waals surface area contributed by atoms with Crippen molar-refractivity contribution in [2.24, 2.45) is 0 Å². The molecule has 0 saturated heterocycles. The summed E-state index contributed by atoms with van der Waals surface area (Å²) in [4.78, 5) is 29.3. The summed E-state index contributed by atoms with van der Waals surface area (Å²) in [6.07, 6.45) is 2.56.